The standard InChI is InChI=1S/C19H17ClF3NO2/c20-13-5-4-12-10-14-15(24-16(12)11-13)6-7-17(18(14)25)26-9-3-1-2-8-19(21,22)23/h4-7,10-11,17H,1-3,8-9H2. The van der Waals surface area contributed by atoms with Crippen LogP contribution in [0.3, 0.4) is 0 Å². The van der Waals surface area contributed by atoms with Crippen LogP contribution < -0.4 is 0 Å². The SMILES string of the molecule is O=C1c2cc3ccc(Cl)cc3nc2C=CC1OCCCCCC(F)(F)F. The van der Waals surface area contributed by atoms with Gasteiger partial charge in [-0.15, -0.1) is 0 Å². The molecule has 2 aromatic rings. The molecule has 1 aromatic heterocycles. The second-order valence-electron chi connectivity index (χ2n) is 6.20. The summed E-state index contributed by atoms with van der Waals surface area (Å²) in [7, 11) is 0. The van der Waals surface area contributed by atoms with Gasteiger partial charge < -0.3 is 4.74 Å². The summed E-state index contributed by atoms with van der Waals surface area (Å²) in [5.74, 6) is -0.192. The first-order valence-electron chi connectivity index (χ1n) is 8.34. The van der Waals surface area contributed by atoms with Gasteiger partial charge in [-0.2, -0.15) is 13.2 Å². The van der Waals surface area contributed by atoms with Gasteiger partial charge in [0.15, 0.2) is 5.78 Å². The van der Waals surface area contributed by atoms with Gasteiger partial charge in [0.2, 0.25) is 0 Å². The van der Waals surface area contributed by atoms with E-state index in [2.05, 4.69) is 4.98 Å². The van der Waals surface area contributed by atoms with E-state index in [-0.39, 0.29) is 18.8 Å². The molecule has 0 spiro atoms. The number of unbranched alkanes of at least 4 members (excludes halogenated alkanes) is 2. The highest BCUT2D eigenvalue weighted by atomic mass is 35.5. The molecule has 1 aliphatic rings. The van der Waals surface area contributed by atoms with Crippen molar-refractivity contribution < 1.29 is 22.7 Å². The number of ether oxygens (including phenoxy) is 1. The maximum Gasteiger partial charge on any atom is 0.389 e. The molecule has 0 amide bonds. The summed E-state index contributed by atoms with van der Waals surface area (Å²) in [6, 6.07) is 7.03. The number of hydrogen-bond acceptors (Lipinski definition) is 3. The van der Waals surface area contributed by atoms with Gasteiger partial charge in [0.25, 0.3) is 0 Å². The zero-order valence-corrected chi connectivity index (χ0v) is 14.6. The molecular formula is C19H17ClF3NO2. The van der Waals surface area contributed by atoms with Gasteiger partial charge in [0.05, 0.1) is 11.2 Å². The molecule has 0 aliphatic heterocycles. The van der Waals surface area contributed by atoms with Gasteiger partial charge in [-0.3, -0.25) is 4.79 Å². The van der Waals surface area contributed by atoms with Crippen molar-refractivity contribution in [2.24, 2.45) is 0 Å². The van der Waals surface area contributed by atoms with Crippen LogP contribution >= 0.6 is 11.6 Å². The third-order valence-electron chi connectivity index (χ3n) is 4.16. The number of benzene rings is 1. The number of hydrogen-bond donors (Lipinski definition) is 0. The topological polar surface area (TPSA) is 39.2 Å². The van der Waals surface area contributed by atoms with Crippen molar-refractivity contribution in [1.29, 1.82) is 0 Å². The minimum atomic E-state index is -4.12. The number of fused-ring (bicyclic) bond motifs is 2. The summed E-state index contributed by atoms with van der Waals surface area (Å²) in [6.07, 6.45) is -1.31. The number of rotatable bonds is 6. The lowest BCUT2D eigenvalue weighted by atomic mass is 9.96. The normalized spacial score (nSPS) is 16.9. The zero-order valence-electron chi connectivity index (χ0n) is 13.9. The Morgan fingerprint density at radius 2 is 1.96 bits per heavy atom. The molecule has 3 rings (SSSR count). The number of alkyl halides is 3. The predicted molar refractivity (Wildman–Crippen MR) is 94.4 cm³/mol. The van der Waals surface area contributed by atoms with Crippen LogP contribution in [0.1, 0.15) is 41.7 Å². The first-order chi connectivity index (χ1) is 12.3. The Kier molecular flexibility index (Phi) is 5.63. The number of carbonyl (C=O) groups excluding carboxylic acids is 1. The van der Waals surface area contributed by atoms with Crippen molar-refractivity contribution in [3.8, 4) is 0 Å². The van der Waals surface area contributed by atoms with E-state index in [0.717, 1.165) is 5.39 Å². The molecule has 1 aromatic carbocycles. The zero-order chi connectivity index (χ0) is 18.7. The van der Waals surface area contributed by atoms with Crippen LogP contribution in [0, 0.1) is 0 Å². The third-order valence-corrected chi connectivity index (χ3v) is 4.40. The first-order valence-corrected chi connectivity index (χ1v) is 8.72. The molecule has 138 valence electrons. The van der Waals surface area contributed by atoms with E-state index < -0.39 is 18.7 Å². The lowest BCUT2D eigenvalue weighted by Gasteiger charge is -2.19. The second kappa shape index (κ2) is 7.76. The van der Waals surface area contributed by atoms with E-state index in [1.165, 1.54) is 0 Å². The molecular weight excluding hydrogens is 367 g/mol. The van der Waals surface area contributed by atoms with E-state index >= 15 is 0 Å². The molecule has 7 heteroatoms. The fourth-order valence-corrected chi connectivity index (χ4v) is 3.01. The number of pyridine rings is 1. The van der Waals surface area contributed by atoms with Gasteiger partial charge >= 0.3 is 6.18 Å². The van der Waals surface area contributed by atoms with Crippen LogP contribution in [0.15, 0.2) is 30.3 Å². The fraction of sp³-hybridized carbons (Fsp3) is 0.368. The van der Waals surface area contributed by atoms with E-state index in [9.17, 15) is 18.0 Å². The molecule has 0 bridgehead atoms. The van der Waals surface area contributed by atoms with Crippen LogP contribution in [0.4, 0.5) is 13.2 Å². The minimum absolute atomic E-state index is 0.0720. The molecule has 0 radical (unpaired) electrons. The number of carbonyl (C=O) groups is 1. The Morgan fingerprint density at radius 3 is 2.73 bits per heavy atom. The van der Waals surface area contributed by atoms with Crippen molar-refractivity contribution in [3.05, 3.63) is 46.6 Å². The monoisotopic (exact) mass is 383 g/mol. The molecule has 1 aliphatic carbocycles. The number of ketones is 1. The molecule has 0 N–H and O–H groups in total. The molecule has 0 fully saturated rings. The van der Waals surface area contributed by atoms with Gasteiger partial charge in [-0.25, -0.2) is 4.98 Å². The summed E-state index contributed by atoms with van der Waals surface area (Å²) in [4.78, 5) is 17.0. The van der Waals surface area contributed by atoms with E-state index in [4.69, 9.17) is 16.3 Å². The van der Waals surface area contributed by atoms with Gasteiger partial charge in [-0.05, 0) is 43.2 Å². The van der Waals surface area contributed by atoms with E-state index in [0.29, 0.717) is 34.6 Å². The molecule has 3 nitrogen and oxygen atoms in total. The fourth-order valence-electron chi connectivity index (χ4n) is 2.84. The van der Waals surface area contributed by atoms with Crippen molar-refractivity contribution in [2.45, 2.75) is 38.0 Å². The first kappa shape index (κ1) is 18.9. The van der Waals surface area contributed by atoms with Crippen LogP contribution in [0.25, 0.3) is 17.0 Å². The van der Waals surface area contributed by atoms with E-state index in [1.54, 1.807) is 36.4 Å². The van der Waals surface area contributed by atoms with Crippen LogP contribution in [0.2, 0.25) is 5.02 Å². The molecule has 26 heavy (non-hydrogen) atoms. The maximum absolute atomic E-state index is 12.6. The Labute approximate surface area is 153 Å². The Hall–Kier alpha value is -1.92. The molecule has 0 saturated carbocycles. The average Bonchev–Trinajstić information content (AvgIpc) is 2.57. The molecule has 1 atom stereocenters. The predicted octanol–water partition coefficient (Wildman–Crippen LogP) is 5.61. The summed E-state index contributed by atoms with van der Waals surface area (Å²) < 4.78 is 41.8. The number of nitrogens with zero attached hydrogens (tertiary/aromatic N) is 1. The Balaban J connectivity index is 1.59. The van der Waals surface area contributed by atoms with Crippen LogP contribution in [0.5, 0.6) is 0 Å². The molecule has 1 heterocycles. The van der Waals surface area contributed by atoms with Crippen molar-refractivity contribution in [1.82, 2.24) is 4.98 Å². The van der Waals surface area contributed by atoms with Crippen molar-refractivity contribution in [3.63, 3.8) is 0 Å². The number of halogens is 4. The average molecular weight is 384 g/mol. The molecule has 1 unspecified atom stereocenters. The highest BCUT2D eigenvalue weighted by Gasteiger charge is 2.27. The number of Topliss-reactive ketones (excluding diaryl/α,β-unsaturated/α-hetero) is 1. The highest BCUT2D eigenvalue weighted by molar-refractivity contribution is 6.31. The van der Waals surface area contributed by atoms with E-state index in [1.807, 2.05) is 0 Å². The summed E-state index contributed by atoms with van der Waals surface area (Å²) >= 11 is 5.96. The van der Waals surface area contributed by atoms with Crippen LogP contribution in [-0.4, -0.2) is 29.7 Å². The quantitative estimate of drug-likeness (QED) is 0.609. The summed E-state index contributed by atoms with van der Waals surface area (Å²) in [5.41, 5.74) is 1.75. The Bertz CT molecular complexity index is 849. The van der Waals surface area contributed by atoms with Gasteiger partial charge in [0.1, 0.15) is 6.10 Å². The second-order valence-corrected chi connectivity index (χ2v) is 6.64. The summed E-state index contributed by atoms with van der Waals surface area (Å²) in [5, 5.41) is 1.38. The minimum Gasteiger partial charge on any atom is -0.366 e. The number of aromatic nitrogens is 1. The largest absolute Gasteiger partial charge is 0.389 e. The summed E-state index contributed by atoms with van der Waals surface area (Å²) in [6.45, 7) is 0.241. The van der Waals surface area contributed by atoms with Gasteiger partial charge in [0, 0.05) is 29.0 Å². The van der Waals surface area contributed by atoms with Crippen LogP contribution in [-0.2, 0) is 4.74 Å². The van der Waals surface area contributed by atoms with Gasteiger partial charge in [-0.1, -0.05) is 24.1 Å². The lowest BCUT2D eigenvalue weighted by Crippen LogP contribution is -2.26. The molecule has 0 saturated heterocycles. The third kappa shape index (κ3) is 4.62. The lowest BCUT2D eigenvalue weighted by molar-refractivity contribution is -0.135. The Morgan fingerprint density at radius 1 is 1.15 bits per heavy atom. The maximum atomic E-state index is 12.6. The van der Waals surface area contributed by atoms with Crippen molar-refractivity contribution in [2.75, 3.05) is 6.61 Å². The smallest absolute Gasteiger partial charge is 0.366 e. The highest BCUT2D eigenvalue weighted by Crippen LogP contribution is 2.26. The van der Waals surface area contributed by atoms with Crippen molar-refractivity contribution >= 4 is 34.4 Å².